The molecular weight excluding hydrogens is 304 g/mol. The first-order chi connectivity index (χ1) is 9.08. The molecule has 3 N–H and O–H groups in total. The number of anilines is 1. The van der Waals surface area contributed by atoms with Gasteiger partial charge in [-0.05, 0) is 36.8 Å². The number of hydrogen-bond acceptors (Lipinski definition) is 2. The van der Waals surface area contributed by atoms with E-state index < -0.39 is 0 Å². The maximum absolute atomic E-state index is 12.1. The maximum Gasteiger partial charge on any atom is 0.253 e. The van der Waals surface area contributed by atoms with Crippen molar-refractivity contribution in [2.24, 2.45) is 0 Å². The molecule has 3 nitrogen and oxygen atoms in total. The molecular formula is C15H15BrN2O. The highest BCUT2D eigenvalue weighted by atomic mass is 79.9. The molecule has 0 radical (unpaired) electrons. The van der Waals surface area contributed by atoms with Crippen molar-refractivity contribution < 1.29 is 4.79 Å². The van der Waals surface area contributed by atoms with Crippen molar-refractivity contribution in [3.05, 3.63) is 64.1 Å². The first kappa shape index (κ1) is 13.6. The number of hydrogen-bond donors (Lipinski definition) is 2. The van der Waals surface area contributed by atoms with Crippen molar-refractivity contribution in [3.63, 3.8) is 0 Å². The van der Waals surface area contributed by atoms with E-state index >= 15 is 0 Å². The SMILES string of the molecule is C[C@H](NC(=O)c1ccccc1N)c1cccc(Br)c1. The first-order valence-electron chi connectivity index (χ1n) is 5.99. The fraction of sp³-hybridized carbons (Fsp3) is 0.133. The number of para-hydroxylation sites is 1. The van der Waals surface area contributed by atoms with Crippen LogP contribution in [0.2, 0.25) is 0 Å². The predicted octanol–water partition coefficient (Wildman–Crippen LogP) is 3.52. The molecule has 0 fully saturated rings. The summed E-state index contributed by atoms with van der Waals surface area (Å²) in [7, 11) is 0. The van der Waals surface area contributed by atoms with Crippen LogP contribution in [0.5, 0.6) is 0 Å². The Labute approximate surface area is 121 Å². The van der Waals surface area contributed by atoms with Gasteiger partial charge < -0.3 is 11.1 Å². The number of halogens is 1. The molecule has 0 aliphatic rings. The monoisotopic (exact) mass is 318 g/mol. The molecule has 4 heteroatoms. The van der Waals surface area contributed by atoms with Crippen LogP contribution in [0.15, 0.2) is 53.0 Å². The number of nitrogens with one attached hydrogen (secondary N) is 1. The molecule has 0 saturated heterocycles. The van der Waals surface area contributed by atoms with Crippen molar-refractivity contribution in [3.8, 4) is 0 Å². The highest BCUT2D eigenvalue weighted by Crippen LogP contribution is 2.19. The second-order valence-corrected chi connectivity index (χ2v) is 5.25. The van der Waals surface area contributed by atoms with Gasteiger partial charge in [-0.3, -0.25) is 4.79 Å². The van der Waals surface area contributed by atoms with Gasteiger partial charge in [-0.2, -0.15) is 0 Å². The Balaban J connectivity index is 2.13. The van der Waals surface area contributed by atoms with E-state index in [0.717, 1.165) is 10.0 Å². The van der Waals surface area contributed by atoms with Crippen molar-refractivity contribution >= 4 is 27.5 Å². The average molecular weight is 319 g/mol. The highest BCUT2D eigenvalue weighted by Gasteiger charge is 2.13. The molecule has 0 spiro atoms. The van der Waals surface area contributed by atoms with Crippen LogP contribution >= 0.6 is 15.9 Å². The lowest BCUT2D eigenvalue weighted by Crippen LogP contribution is -2.27. The normalized spacial score (nSPS) is 11.9. The van der Waals surface area contributed by atoms with E-state index in [4.69, 9.17) is 5.73 Å². The fourth-order valence-corrected chi connectivity index (χ4v) is 2.25. The third kappa shape index (κ3) is 3.35. The van der Waals surface area contributed by atoms with Crippen LogP contribution in [-0.2, 0) is 0 Å². The van der Waals surface area contributed by atoms with Gasteiger partial charge in [-0.15, -0.1) is 0 Å². The van der Waals surface area contributed by atoms with Crippen LogP contribution in [0.25, 0.3) is 0 Å². The molecule has 19 heavy (non-hydrogen) atoms. The summed E-state index contributed by atoms with van der Waals surface area (Å²) in [5.74, 6) is -0.162. The molecule has 2 rings (SSSR count). The average Bonchev–Trinajstić information content (AvgIpc) is 2.39. The Kier molecular flexibility index (Phi) is 4.22. The molecule has 1 amide bonds. The quantitative estimate of drug-likeness (QED) is 0.851. The second kappa shape index (κ2) is 5.89. The Hall–Kier alpha value is -1.81. The Morgan fingerprint density at radius 3 is 2.63 bits per heavy atom. The number of carbonyl (C=O) groups excluding carboxylic acids is 1. The Morgan fingerprint density at radius 2 is 1.95 bits per heavy atom. The van der Waals surface area contributed by atoms with Crippen LogP contribution in [0.4, 0.5) is 5.69 Å². The Bertz CT molecular complexity index is 598. The minimum Gasteiger partial charge on any atom is -0.398 e. The predicted molar refractivity (Wildman–Crippen MR) is 80.9 cm³/mol. The van der Waals surface area contributed by atoms with Gasteiger partial charge in [0.15, 0.2) is 0 Å². The van der Waals surface area contributed by atoms with Gasteiger partial charge in [-0.1, -0.05) is 40.2 Å². The van der Waals surface area contributed by atoms with E-state index in [0.29, 0.717) is 11.3 Å². The molecule has 2 aromatic carbocycles. The molecule has 1 atom stereocenters. The molecule has 98 valence electrons. The van der Waals surface area contributed by atoms with Gasteiger partial charge in [0.2, 0.25) is 0 Å². The summed E-state index contributed by atoms with van der Waals surface area (Å²) in [6.45, 7) is 1.94. The Morgan fingerprint density at radius 1 is 1.21 bits per heavy atom. The molecule has 0 unspecified atom stereocenters. The smallest absolute Gasteiger partial charge is 0.253 e. The molecule has 0 saturated carbocycles. The number of nitrogens with two attached hydrogens (primary N) is 1. The third-order valence-electron chi connectivity index (χ3n) is 2.90. The largest absolute Gasteiger partial charge is 0.398 e. The first-order valence-corrected chi connectivity index (χ1v) is 6.78. The lowest BCUT2D eigenvalue weighted by Gasteiger charge is -2.15. The third-order valence-corrected chi connectivity index (χ3v) is 3.39. The summed E-state index contributed by atoms with van der Waals surface area (Å²) in [5, 5.41) is 2.94. The van der Waals surface area contributed by atoms with Gasteiger partial charge in [-0.25, -0.2) is 0 Å². The van der Waals surface area contributed by atoms with E-state index in [1.807, 2.05) is 37.3 Å². The summed E-state index contributed by atoms with van der Waals surface area (Å²) >= 11 is 3.42. The molecule has 2 aromatic rings. The van der Waals surface area contributed by atoms with E-state index in [1.165, 1.54) is 0 Å². The van der Waals surface area contributed by atoms with Crippen molar-refractivity contribution in [1.82, 2.24) is 5.32 Å². The minimum absolute atomic E-state index is 0.0791. The van der Waals surface area contributed by atoms with E-state index in [9.17, 15) is 4.79 Å². The molecule has 0 aliphatic carbocycles. The number of rotatable bonds is 3. The van der Waals surface area contributed by atoms with Crippen LogP contribution in [0.1, 0.15) is 28.9 Å². The highest BCUT2D eigenvalue weighted by molar-refractivity contribution is 9.10. The zero-order chi connectivity index (χ0) is 13.8. The van der Waals surface area contributed by atoms with Gasteiger partial charge in [0.1, 0.15) is 0 Å². The number of nitrogen functional groups attached to an aromatic ring is 1. The molecule has 0 aliphatic heterocycles. The standard InChI is InChI=1S/C15H15BrN2O/c1-10(11-5-4-6-12(16)9-11)18-15(19)13-7-2-3-8-14(13)17/h2-10H,17H2,1H3,(H,18,19)/t10-/m0/s1. The maximum atomic E-state index is 12.1. The zero-order valence-corrected chi connectivity index (χ0v) is 12.1. The number of carbonyl (C=O) groups is 1. The molecule has 0 bridgehead atoms. The second-order valence-electron chi connectivity index (χ2n) is 4.34. The van der Waals surface area contributed by atoms with Crippen LogP contribution in [-0.4, -0.2) is 5.91 Å². The fourth-order valence-electron chi connectivity index (χ4n) is 1.84. The summed E-state index contributed by atoms with van der Waals surface area (Å²) < 4.78 is 0.991. The lowest BCUT2D eigenvalue weighted by molar-refractivity contribution is 0.0941. The summed E-state index contributed by atoms with van der Waals surface area (Å²) in [5.41, 5.74) is 7.82. The van der Waals surface area contributed by atoms with Gasteiger partial charge in [0, 0.05) is 10.2 Å². The summed E-state index contributed by atoms with van der Waals surface area (Å²) in [6, 6.07) is 14.8. The number of amides is 1. The zero-order valence-electron chi connectivity index (χ0n) is 10.6. The van der Waals surface area contributed by atoms with E-state index in [-0.39, 0.29) is 11.9 Å². The van der Waals surface area contributed by atoms with Crippen molar-refractivity contribution in [2.75, 3.05) is 5.73 Å². The minimum atomic E-state index is -0.162. The van der Waals surface area contributed by atoms with Gasteiger partial charge in [0.25, 0.3) is 5.91 Å². The molecule has 0 aromatic heterocycles. The van der Waals surface area contributed by atoms with Gasteiger partial charge in [0.05, 0.1) is 11.6 Å². The van der Waals surface area contributed by atoms with Crippen molar-refractivity contribution in [2.45, 2.75) is 13.0 Å². The van der Waals surface area contributed by atoms with E-state index in [2.05, 4.69) is 21.2 Å². The van der Waals surface area contributed by atoms with Crippen LogP contribution in [0.3, 0.4) is 0 Å². The topological polar surface area (TPSA) is 55.1 Å². The number of benzene rings is 2. The lowest BCUT2D eigenvalue weighted by atomic mass is 10.1. The van der Waals surface area contributed by atoms with Gasteiger partial charge >= 0.3 is 0 Å². The van der Waals surface area contributed by atoms with Crippen LogP contribution in [0, 0.1) is 0 Å². The molecule has 0 heterocycles. The summed E-state index contributed by atoms with van der Waals surface area (Å²) in [4.78, 5) is 12.1. The van der Waals surface area contributed by atoms with Crippen molar-refractivity contribution in [1.29, 1.82) is 0 Å². The summed E-state index contributed by atoms with van der Waals surface area (Å²) in [6.07, 6.45) is 0. The van der Waals surface area contributed by atoms with Crippen LogP contribution < -0.4 is 11.1 Å². The van der Waals surface area contributed by atoms with E-state index in [1.54, 1.807) is 18.2 Å².